The summed E-state index contributed by atoms with van der Waals surface area (Å²) in [6.07, 6.45) is 2.68. The summed E-state index contributed by atoms with van der Waals surface area (Å²) in [5, 5.41) is 3.32. The molecule has 1 heterocycles. The molecular weight excluding hydrogens is 292 g/mol. The van der Waals surface area contributed by atoms with Crippen LogP contribution in [-0.2, 0) is 19.5 Å². The topological polar surface area (TPSA) is 38.1 Å². The Hall–Kier alpha value is -1.13. The lowest BCUT2D eigenvalue weighted by molar-refractivity contribution is 0.439. The standard InChI is InChI=1S/C14H17BrN2O/c1-3-12-8-17-14(18-12)9-16-7-11-5-4-10(2)13(15)6-11/h4-6,8,16H,3,7,9H2,1-2H3. The Kier molecular flexibility index (Phi) is 4.55. The molecule has 18 heavy (non-hydrogen) atoms. The Bertz CT molecular complexity index is 522. The third-order valence-electron chi connectivity index (χ3n) is 2.79. The van der Waals surface area contributed by atoms with Gasteiger partial charge < -0.3 is 9.73 Å². The maximum Gasteiger partial charge on any atom is 0.208 e. The van der Waals surface area contributed by atoms with Gasteiger partial charge in [0.1, 0.15) is 5.76 Å². The van der Waals surface area contributed by atoms with Gasteiger partial charge in [0.25, 0.3) is 0 Å². The maximum absolute atomic E-state index is 5.53. The van der Waals surface area contributed by atoms with Crippen LogP contribution in [-0.4, -0.2) is 4.98 Å². The zero-order chi connectivity index (χ0) is 13.0. The van der Waals surface area contributed by atoms with Gasteiger partial charge in [-0.25, -0.2) is 4.98 Å². The van der Waals surface area contributed by atoms with Crippen LogP contribution in [0.5, 0.6) is 0 Å². The van der Waals surface area contributed by atoms with Gasteiger partial charge >= 0.3 is 0 Å². The summed E-state index contributed by atoms with van der Waals surface area (Å²) in [7, 11) is 0. The third-order valence-corrected chi connectivity index (χ3v) is 3.65. The van der Waals surface area contributed by atoms with Crippen molar-refractivity contribution in [3.8, 4) is 0 Å². The molecule has 0 bridgehead atoms. The second-order valence-electron chi connectivity index (χ2n) is 4.26. The first-order valence-electron chi connectivity index (χ1n) is 6.08. The molecule has 0 aliphatic carbocycles. The van der Waals surface area contributed by atoms with Crippen molar-refractivity contribution in [3.63, 3.8) is 0 Å². The molecule has 4 heteroatoms. The quantitative estimate of drug-likeness (QED) is 0.917. The molecule has 0 aliphatic heterocycles. The fourth-order valence-electron chi connectivity index (χ4n) is 1.65. The number of oxazole rings is 1. The number of nitrogens with one attached hydrogen (secondary N) is 1. The second kappa shape index (κ2) is 6.16. The Morgan fingerprint density at radius 1 is 1.33 bits per heavy atom. The van der Waals surface area contributed by atoms with Crippen molar-refractivity contribution in [1.29, 1.82) is 0 Å². The lowest BCUT2D eigenvalue weighted by Gasteiger charge is -2.05. The molecule has 0 unspecified atom stereocenters. The molecule has 0 saturated heterocycles. The molecule has 96 valence electrons. The normalized spacial score (nSPS) is 10.8. The fourth-order valence-corrected chi connectivity index (χ4v) is 2.08. The second-order valence-corrected chi connectivity index (χ2v) is 5.12. The number of halogens is 1. The van der Waals surface area contributed by atoms with E-state index >= 15 is 0 Å². The summed E-state index contributed by atoms with van der Waals surface area (Å²) >= 11 is 3.54. The minimum atomic E-state index is 0.658. The molecule has 0 amide bonds. The highest BCUT2D eigenvalue weighted by atomic mass is 79.9. The molecular formula is C14H17BrN2O. The predicted molar refractivity (Wildman–Crippen MR) is 75.3 cm³/mol. The molecule has 2 aromatic rings. The van der Waals surface area contributed by atoms with Crippen molar-refractivity contribution >= 4 is 15.9 Å². The van der Waals surface area contributed by atoms with Crippen LogP contribution in [0.4, 0.5) is 0 Å². The Morgan fingerprint density at radius 2 is 2.17 bits per heavy atom. The molecule has 0 fully saturated rings. The van der Waals surface area contributed by atoms with Crippen LogP contribution in [0.25, 0.3) is 0 Å². The molecule has 1 N–H and O–H groups in total. The monoisotopic (exact) mass is 308 g/mol. The summed E-state index contributed by atoms with van der Waals surface area (Å²) in [6, 6.07) is 6.37. The number of hydrogen-bond acceptors (Lipinski definition) is 3. The van der Waals surface area contributed by atoms with Crippen LogP contribution < -0.4 is 5.32 Å². The Labute approximate surface area is 116 Å². The number of hydrogen-bond donors (Lipinski definition) is 1. The molecule has 1 aromatic heterocycles. The van der Waals surface area contributed by atoms with Gasteiger partial charge in [0.05, 0.1) is 12.7 Å². The first-order valence-corrected chi connectivity index (χ1v) is 6.87. The molecule has 1 aromatic carbocycles. The van der Waals surface area contributed by atoms with Crippen molar-refractivity contribution in [2.24, 2.45) is 0 Å². The number of aromatic nitrogens is 1. The van der Waals surface area contributed by atoms with E-state index in [9.17, 15) is 0 Å². The van der Waals surface area contributed by atoms with Gasteiger partial charge in [-0.05, 0) is 24.1 Å². The first kappa shape index (κ1) is 13.3. The molecule has 0 radical (unpaired) electrons. The van der Waals surface area contributed by atoms with Gasteiger partial charge in [0, 0.05) is 17.4 Å². The van der Waals surface area contributed by atoms with Gasteiger partial charge in [-0.1, -0.05) is 35.0 Å². The SMILES string of the molecule is CCc1cnc(CNCc2ccc(C)c(Br)c2)o1. The molecule has 3 nitrogen and oxygen atoms in total. The number of aryl methyl sites for hydroxylation is 2. The van der Waals surface area contributed by atoms with E-state index in [1.165, 1.54) is 11.1 Å². The lowest BCUT2D eigenvalue weighted by Crippen LogP contribution is -2.12. The summed E-state index contributed by atoms with van der Waals surface area (Å²) in [5.74, 6) is 1.68. The van der Waals surface area contributed by atoms with Gasteiger partial charge in [0.2, 0.25) is 5.89 Å². The van der Waals surface area contributed by atoms with E-state index in [-0.39, 0.29) is 0 Å². The fraction of sp³-hybridized carbons (Fsp3) is 0.357. The zero-order valence-corrected chi connectivity index (χ0v) is 12.3. The summed E-state index contributed by atoms with van der Waals surface area (Å²) < 4.78 is 6.68. The lowest BCUT2D eigenvalue weighted by atomic mass is 10.1. The molecule has 2 rings (SSSR count). The number of benzene rings is 1. The van der Waals surface area contributed by atoms with Gasteiger partial charge in [-0.15, -0.1) is 0 Å². The minimum absolute atomic E-state index is 0.658. The highest BCUT2D eigenvalue weighted by Crippen LogP contribution is 2.17. The van der Waals surface area contributed by atoms with Crippen molar-refractivity contribution < 1.29 is 4.42 Å². The van der Waals surface area contributed by atoms with E-state index in [1.54, 1.807) is 6.20 Å². The number of rotatable bonds is 5. The molecule has 0 aliphatic rings. The average molecular weight is 309 g/mol. The molecule has 0 atom stereocenters. The van der Waals surface area contributed by atoms with Crippen LogP contribution in [0.15, 0.2) is 33.3 Å². The van der Waals surface area contributed by atoms with Crippen LogP contribution in [0.1, 0.15) is 29.7 Å². The van der Waals surface area contributed by atoms with Crippen molar-refractivity contribution in [2.45, 2.75) is 33.4 Å². The predicted octanol–water partition coefficient (Wildman–Crippen LogP) is 3.60. The zero-order valence-electron chi connectivity index (χ0n) is 10.7. The summed E-state index contributed by atoms with van der Waals surface area (Å²) in [5.41, 5.74) is 2.49. The van der Waals surface area contributed by atoms with E-state index < -0.39 is 0 Å². The maximum atomic E-state index is 5.53. The van der Waals surface area contributed by atoms with Crippen LogP contribution >= 0.6 is 15.9 Å². The first-order chi connectivity index (χ1) is 8.69. The van der Waals surface area contributed by atoms with E-state index in [2.05, 4.69) is 58.3 Å². The van der Waals surface area contributed by atoms with Crippen molar-refractivity contribution in [3.05, 3.63) is 51.6 Å². The van der Waals surface area contributed by atoms with E-state index in [0.29, 0.717) is 6.54 Å². The van der Waals surface area contributed by atoms with Gasteiger partial charge in [-0.2, -0.15) is 0 Å². The van der Waals surface area contributed by atoms with E-state index in [4.69, 9.17) is 4.42 Å². The van der Waals surface area contributed by atoms with Gasteiger partial charge in [0.15, 0.2) is 0 Å². The minimum Gasteiger partial charge on any atom is -0.444 e. The smallest absolute Gasteiger partial charge is 0.208 e. The van der Waals surface area contributed by atoms with E-state index in [0.717, 1.165) is 29.1 Å². The highest BCUT2D eigenvalue weighted by molar-refractivity contribution is 9.10. The van der Waals surface area contributed by atoms with Crippen LogP contribution in [0, 0.1) is 6.92 Å². The number of nitrogens with zero attached hydrogens (tertiary/aromatic N) is 1. The Balaban J connectivity index is 1.86. The van der Waals surface area contributed by atoms with Gasteiger partial charge in [-0.3, -0.25) is 0 Å². The average Bonchev–Trinajstić information content (AvgIpc) is 2.82. The summed E-state index contributed by atoms with van der Waals surface area (Å²) in [6.45, 7) is 5.61. The third kappa shape index (κ3) is 3.43. The van der Waals surface area contributed by atoms with Crippen LogP contribution in [0.3, 0.4) is 0 Å². The van der Waals surface area contributed by atoms with E-state index in [1.807, 2.05) is 0 Å². The molecule has 0 saturated carbocycles. The largest absolute Gasteiger partial charge is 0.444 e. The highest BCUT2D eigenvalue weighted by Gasteiger charge is 2.02. The van der Waals surface area contributed by atoms with Crippen LogP contribution in [0.2, 0.25) is 0 Å². The Morgan fingerprint density at radius 3 is 2.83 bits per heavy atom. The summed E-state index contributed by atoms with van der Waals surface area (Å²) in [4.78, 5) is 4.21. The van der Waals surface area contributed by atoms with Crippen molar-refractivity contribution in [1.82, 2.24) is 10.3 Å². The molecule has 0 spiro atoms. The van der Waals surface area contributed by atoms with Crippen molar-refractivity contribution in [2.75, 3.05) is 0 Å².